The topological polar surface area (TPSA) is 87.0 Å². The highest BCUT2D eigenvalue weighted by Gasteiger charge is 2.33. The van der Waals surface area contributed by atoms with Crippen LogP contribution < -0.4 is 4.90 Å². The van der Waals surface area contributed by atoms with Gasteiger partial charge >= 0.3 is 0 Å². The predicted octanol–water partition coefficient (Wildman–Crippen LogP) is 1.89. The Morgan fingerprint density at radius 3 is 2.54 bits per heavy atom. The molecular formula is C19H26N4O4S. The van der Waals surface area contributed by atoms with Gasteiger partial charge in [0.25, 0.3) is 5.91 Å². The molecule has 1 saturated heterocycles. The summed E-state index contributed by atoms with van der Waals surface area (Å²) in [6, 6.07) is 7.44. The van der Waals surface area contributed by atoms with Gasteiger partial charge in [0.05, 0.1) is 0 Å². The maximum absolute atomic E-state index is 13.0. The lowest BCUT2D eigenvalue weighted by atomic mass is 10.1. The number of amides is 1. The number of carbonyl (C=O) groups is 1. The molecular weight excluding hydrogens is 380 g/mol. The second kappa shape index (κ2) is 7.92. The molecule has 8 nitrogen and oxygen atoms in total. The zero-order valence-corrected chi connectivity index (χ0v) is 17.5. The zero-order chi connectivity index (χ0) is 20.5. The largest absolute Gasteiger partial charge is 0.378 e. The average molecular weight is 407 g/mol. The van der Waals surface area contributed by atoms with Crippen molar-refractivity contribution in [3.8, 4) is 0 Å². The number of aryl methyl sites for hydroxylation is 2. The van der Waals surface area contributed by atoms with Gasteiger partial charge in [0.1, 0.15) is 10.6 Å². The van der Waals surface area contributed by atoms with Crippen LogP contribution in [-0.2, 0) is 10.0 Å². The van der Waals surface area contributed by atoms with Crippen LogP contribution in [0.3, 0.4) is 0 Å². The Morgan fingerprint density at radius 2 is 1.89 bits per heavy atom. The molecule has 0 bridgehead atoms. The van der Waals surface area contributed by atoms with E-state index >= 15 is 0 Å². The molecule has 0 atom stereocenters. The van der Waals surface area contributed by atoms with E-state index < -0.39 is 10.0 Å². The number of hydrogen-bond donors (Lipinski definition) is 0. The van der Waals surface area contributed by atoms with E-state index in [1.165, 1.54) is 4.31 Å². The monoisotopic (exact) mass is 406 g/mol. The van der Waals surface area contributed by atoms with E-state index in [0.717, 1.165) is 5.69 Å². The first-order chi connectivity index (χ1) is 13.2. The summed E-state index contributed by atoms with van der Waals surface area (Å²) >= 11 is 0. The Balaban J connectivity index is 1.76. The van der Waals surface area contributed by atoms with E-state index in [-0.39, 0.29) is 23.1 Å². The number of anilines is 1. The van der Waals surface area contributed by atoms with Gasteiger partial charge in [0.2, 0.25) is 10.0 Å². The van der Waals surface area contributed by atoms with Gasteiger partial charge in [-0.3, -0.25) is 4.79 Å². The van der Waals surface area contributed by atoms with Crippen LogP contribution in [0.5, 0.6) is 0 Å². The fraction of sp³-hybridized carbons (Fsp3) is 0.474. The van der Waals surface area contributed by atoms with Crippen molar-refractivity contribution in [2.75, 3.05) is 45.2 Å². The fourth-order valence-electron chi connectivity index (χ4n) is 3.41. The van der Waals surface area contributed by atoms with Crippen LogP contribution in [0.4, 0.5) is 5.69 Å². The SMILES string of the molecule is Cc1noc(C)c1S(=O)(=O)N1CCCN(C(=O)c2cccc(N(C)C)c2)CC1. The number of benzene rings is 1. The number of carbonyl (C=O) groups excluding carboxylic acids is 1. The van der Waals surface area contributed by atoms with Crippen molar-refractivity contribution in [2.24, 2.45) is 0 Å². The third-order valence-electron chi connectivity index (χ3n) is 4.92. The molecule has 0 radical (unpaired) electrons. The van der Waals surface area contributed by atoms with Gasteiger partial charge in [0, 0.05) is 51.5 Å². The summed E-state index contributed by atoms with van der Waals surface area (Å²) in [6.45, 7) is 4.67. The highest BCUT2D eigenvalue weighted by Crippen LogP contribution is 2.24. The minimum absolute atomic E-state index is 0.0831. The molecule has 1 fully saturated rings. The zero-order valence-electron chi connectivity index (χ0n) is 16.7. The van der Waals surface area contributed by atoms with Gasteiger partial charge in [-0.05, 0) is 38.5 Å². The molecule has 1 aliphatic rings. The standard InChI is InChI=1S/C19H26N4O4S/c1-14-18(15(2)27-20-14)28(25,26)23-10-6-9-22(11-12-23)19(24)16-7-5-8-17(13-16)21(3)4/h5,7-8,13H,6,9-12H2,1-4H3. The lowest BCUT2D eigenvalue weighted by Gasteiger charge is -2.22. The molecule has 9 heteroatoms. The summed E-state index contributed by atoms with van der Waals surface area (Å²) in [5.74, 6) is 0.204. The van der Waals surface area contributed by atoms with E-state index in [0.29, 0.717) is 37.3 Å². The first-order valence-corrected chi connectivity index (χ1v) is 10.7. The summed E-state index contributed by atoms with van der Waals surface area (Å²) in [5.41, 5.74) is 1.91. The Hall–Kier alpha value is -2.39. The number of aromatic nitrogens is 1. The van der Waals surface area contributed by atoms with E-state index in [1.807, 2.05) is 37.2 Å². The molecule has 0 unspecified atom stereocenters. The smallest absolute Gasteiger partial charge is 0.253 e. The normalized spacial score (nSPS) is 16.1. The lowest BCUT2D eigenvalue weighted by Crippen LogP contribution is -2.37. The van der Waals surface area contributed by atoms with Crippen molar-refractivity contribution in [3.05, 3.63) is 41.3 Å². The van der Waals surface area contributed by atoms with Crippen LogP contribution >= 0.6 is 0 Å². The van der Waals surface area contributed by atoms with Gasteiger partial charge < -0.3 is 14.3 Å². The van der Waals surface area contributed by atoms with Crippen molar-refractivity contribution >= 4 is 21.6 Å². The maximum atomic E-state index is 13.0. The molecule has 3 rings (SSSR count). The average Bonchev–Trinajstić information content (AvgIpc) is 2.86. The molecule has 152 valence electrons. The van der Waals surface area contributed by atoms with Crippen molar-refractivity contribution in [3.63, 3.8) is 0 Å². The summed E-state index contributed by atoms with van der Waals surface area (Å²) in [4.78, 5) is 16.7. The maximum Gasteiger partial charge on any atom is 0.253 e. The molecule has 2 aromatic rings. The molecule has 1 aromatic heterocycles. The van der Waals surface area contributed by atoms with Crippen molar-refractivity contribution < 1.29 is 17.7 Å². The Bertz CT molecular complexity index is 949. The lowest BCUT2D eigenvalue weighted by molar-refractivity contribution is 0.0764. The van der Waals surface area contributed by atoms with Gasteiger partial charge in [0.15, 0.2) is 5.76 Å². The van der Waals surface area contributed by atoms with E-state index in [1.54, 1.807) is 24.8 Å². The van der Waals surface area contributed by atoms with Crippen molar-refractivity contribution in [2.45, 2.75) is 25.2 Å². The second-order valence-corrected chi connectivity index (χ2v) is 9.02. The van der Waals surface area contributed by atoms with Crippen LogP contribution in [0.25, 0.3) is 0 Å². The summed E-state index contributed by atoms with van der Waals surface area (Å²) < 4.78 is 32.5. The van der Waals surface area contributed by atoms with Gasteiger partial charge in [-0.1, -0.05) is 11.2 Å². The molecule has 0 aliphatic carbocycles. The number of sulfonamides is 1. The first kappa shape index (κ1) is 20.3. The van der Waals surface area contributed by atoms with Crippen molar-refractivity contribution in [1.29, 1.82) is 0 Å². The number of rotatable bonds is 4. The van der Waals surface area contributed by atoms with Gasteiger partial charge in [-0.2, -0.15) is 4.31 Å². The van der Waals surface area contributed by atoms with Crippen LogP contribution in [0.1, 0.15) is 28.2 Å². The highest BCUT2D eigenvalue weighted by molar-refractivity contribution is 7.89. The van der Waals surface area contributed by atoms with Crippen LogP contribution in [0, 0.1) is 13.8 Å². The molecule has 1 amide bonds. The van der Waals surface area contributed by atoms with Crippen molar-refractivity contribution in [1.82, 2.24) is 14.4 Å². The summed E-state index contributed by atoms with van der Waals surface area (Å²) in [6.07, 6.45) is 0.571. The van der Waals surface area contributed by atoms with E-state index in [9.17, 15) is 13.2 Å². The number of hydrogen-bond acceptors (Lipinski definition) is 6. The molecule has 2 heterocycles. The first-order valence-electron chi connectivity index (χ1n) is 9.21. The quantitative estimate of drug-likeness (QED) is 0.771. The molecule has 0 saturated carbocycles. The third kappa shape index (κ3) is 3.90. The highest BCUT2D eigenvalue weighted by atomic mass is 32.2. The third-order valence-corrected chi connectivity index (χ3v) is 7.06. The van der Waals surface area contributed by atoms with Gasteiger partial charge in [-0.25, -0.2) is 8.42 Å². The van der Waals surface area contributed by atoms with Crippen LogP contribution in [0.15, 0.2) is 33.7 Å². The molecule has 0 N–H and O–H groups in total. The van der Waals surface area contributed by atoms with E-state index in [4.69, 9.17) is 4.52 Å². The summed E-state index contributed by atoms with van der Waals surface area (Å²) in [7, 11) is 0.144. The molecule has 0 spiro atoms. The minimum atomic E-state index is -3.70. The van der Waals surface area contributed by atoms with Crippen LogP contribution in [-0.4, -0.2) is 69.0 Å². The van der Waals surface area contributed by atoms with Crippen LogP contribution in [0.2, 0.25) is 0 Å². The van der Waals surface area contributed by atoms with Gasteiger partial charge in [-0.15, -0.1) is 0 Å². The Labute approximate surface area is 165 Å². The molecule has 28 heavy (non-hydrogen) atoms. The summed E-state index contributed by atoms with van der Waals surface area (Å²) in [5, 5.41) is 3.76. The second-order valence-electron chi connectivity index (χ2n) is 7.15. The Morgan fingerprint density at radius 1 is 1.14 bits per heavy atom. The number of nitrogens with zero attached hydrogens (tertiary/aromatic N) is 4. The minimum Gasteiger partial charge on any atom is -0.378 e. The predicted molar refractivity (Wildman–Crippen MR) is 106 cm³/mol. The molecule has 1 aromatic carbocycles. The molecule has 1 aliphatic heterocycles. The Kier molecular flexibility index (Phi) is 5.76. The van der Waals surface area contributed by atoms with E-state index in [2.05, 4.69) is 5.16 Å². The fourth-order valence-corrected chi connectivity index (χ4v) is 5.17.